The molecule has 0 bridgehead atoms. The Kier molecular flexibility index (Phi) is 4.69. The second-order valence-electron chi connectivity index (χ2n) is 3.67. The lowest BCUT2D eigenvalue weighted by atomic mass is 9.93. The third-order valence-electron chi connectivity index (χ3n) is 2.79. The predicted octanol–water partition coefficient (Wildman–Crippen LogP) is 3.87. The first-order valence-corrected chi connectivity index (χ1v) is 5.96. The fourth-order valence-corrected chi connectivity index (χ4v) is 2.21. The molecule has 0 aliphatic carbocycles. The summed E-state index contributed by atoms with van der Waals surface area (Å²) in [6, 6.07) is 2.03. The maximum atomic E-state index is 6.10. The molecule has 0 aromatic carbocycles. The highest BCUT2D eigenvalue weighted by molar-refractivity contribution is 9.10. The van der Waals surface area contributed by atoms with Crippen LogP contribution >= 0.6 is 15.9 Å². The highest BCUT2D eigenvalue weighted by Gasteiger charge is 2.15. The molecule has 0 amide bonds. The first-order chi connectivity index (χ1) is 6.69. The van der Waals surface area contributed by atoms with Crippen molar-refractivity contribution in [2.24, 2.45) is 11.7 Å². The summed E-state index contributed by atoms with van der Waals surface area (Å²) in [4.78, 5) is 0. The lowest BCUT2D eigenvalue weighted by Crippen LogP contribution is -2.14. The van der Waals surface area contributed by atoms with Gasteiger partial charge in [-0.2, -0.15) is 0 Å². The van der Waals surface area contributed by atoms with Gasteiger partial charge in [0.15, 0.2) is 4.67 Å². The second-order valence-corrected chi connectivity index (χ2v) is 4.39. The molecule has 0 saturated heterocycles. The van der Waals surface area contributed by atoms with Crippen LogP contribution in [-0.4, -0.2) is 0 Å². The van der Waals surface area contributed by atoms with E-state index in [2.05, 4.69) is 29.8 Å². The molecular weight excluding hydrogens is 242 g/mol. The molecule has 80 valence electrons. The van der Waals surface area contributed by atoms with Crippen molar-refractivity contribution >= 4 is 15.9 Å². The molecule has 0 aliphatic heterocycles. The largest absolute Gasteiger partial charge is 0.457 e. The first-order valence-electron chi connectivity index (χ1n) is 5.17. The van der Waals surface area contributed by atoms with Crippen LogP contribution < -0.4 is 5.73 Å². The van der Waals surface area contributed by atoms with E-state index in [9.17, 15) is 0 Å². The molecule has 1 aromatic rings. The average Bonchev–Trinajstić information content (AvgIpc) is 2.60. The third-order valence-corrected chi connectivity index (χ3v) is 3.43. The molecule has 1 atom stereocenters. The maximum Gasteiger partial charge on any atom is 0.173 e. The summed E-state index contributed by atoms with van der Waals surface area (Å²) in [5.74, 6) is 0.715. The number of nitrogens with two attached hydrogens (primary N) is 1. The molecule has 1 unspecified atom stereocenters. The van der Waals surface area contributed by atoms with E-state index in [4.69, 9.17) is 10.2 Å². The zero-order chi connectivity index (χ0) is 10.6. The predicted molar refractivity (Wildman–Crippen MR) is 62.0 cm³/mol. The fourth-order valence-electron chi connectivity index (χ4n) is 1.68. The van der Waals surface area contributed by atoms with Crippen LogP contribution in [0.1, 0.15) is 44.7 Å². The van der Waals surface area contributed by atoms with Gasteiger partial charge in [0.2, 0.25) is 0 Å². The van der Waals surface area contributed by atoms with Crippen molar-refractivity contribution in [1.29, 1.82) is 0 Å². The van der Waals surface area contributed by atoms with Gasteiger partial charge in [0.1, 0.15) is 0 Å². The first kappa shape index (κ1) is 11.8. The van der Waals surface area contributed by atoms with Crippen LogP contribution in [0.4, 0.5) is 0 Å². The quantitative estimate of drug-likeness (QED) is 0.872. The van der Waals surface area contributed by atoms with E-state index >= 15 is 0 Å². The monoisotopic (exact) mass is 259 g/mol. The average molecular weight is 260 g/mol. The number of halogens is 1. The Labute approximate surface area is 94.0 Å². The van der Waals surface area contributed by atoms with Crippen molar-refractivity contribution in [3.05, 3.63) is 22.6 Å². The molecule has 0 fully saturated rings. The van der Waals surface area contributed by atoms with Gasteiger partial charge in [-0.25, -0.2) is 0 Å². The van der Waals surface area contributed by atoms with Gasteiger partial charge < -0.3 is 10.2 Å². The summed E-state index contributed by atoms with van der Waals surface area (Å²) in [6.07, 6.45) is 5.09. The Morgan fingerprint density at radius 1 is 1.43 bits per heavy atom. The second kappa shape index (κ2) is 5.56. The van der Waals surface area contributed by atoms with Gasteiger partial charge >= 0.3 is 0 Å². The van der Waals surface area contributed by atoms with Crippen LogP contribution in [0.25, 0.3) is 0 Å². The zero-order valence-electron chi connectivity index (χ0n) is 8.79. The normalized spacial score (nSPS) is 13.5. The van der Waals surface area contributed by atoms with Gasteiger partial charge in [-0.3, -0.25) is 0 Å². The zero-order valence-corrected chi connectivity index (χ0v) is 10.4. The molecule has 0 spiro atoms. The maximum absolute atomic E-state index is 6.10. The summed E-state index contributed by atoms with van der Waals surface area (Å²) in [5, 5.41) is 0. The van der Waals surface area contributed by atoms with Crippen molar-refractivity contribution in [2.45, 2.75) is 39.2 Å². The highest BCUT2D eigenvalue weighted by atomic mass is 79.9. The van der Waals surface area contributed by atoms with Crippen molar-refractivity contribution in [2.75, 3.05) is 0 Å². The Balaban J connectivity index is 2.58. The van der Waals surface area contributed by atoms with Gasteiger partial charge in [0, 0.05) is 11.6 Å². The fraction of sp³-hybridized carbons (Fsp3) is 0.636. The van der Waals surface area contributed by atoms with E-state index < -0.39 is 0 Å². The van der Waals surface area contributed by atoms with Crippen molar-refractivity contribution < 1.29 is 4.42 Å². The summed E-state index contributed by atoms with van der Waals surface area (Å²) in [6.45, 7) is 4.43. The minimum atomic E-state index is 0.0908. The minimum absolute atomic E-state index is 0.0908. The van der Waals surface area contributed by atoms with Gasteiger partial charge in [-0.1, -0.05) is 26.7 Å². The molecular formula is C11H18BrNO. The molecule has 0 aliphatic rings. The Morgan fingerprint density at radius 3 is 2.50 bits per heavy atom. The summed E-state index contributed by atoms with van der Waals surface area (Å²) >= 11 is 3.35. The van der Waals surface area contributed by atoms with E-state index in [0.29, 0.717) is 5.92 Å². The van der Waals surface area contributed by atoms with Crippen molar-refractivity contribution in [3.8, 4) is 0 Å². The van der Waals surface area contributed by atoms with Crippen molar-refractivity contribution in [3.63, 3.8) is 0 Å². The van der Waals surface area contributed by atoms with E-state index in [0.717, 1.165) is 16.7 Å². The number of furan rings is 1. The van der Waals surface area contributed by atoms with Crippen LogP contribution in [0.15, 0.2) is 21.4 Å². The molecule has 1 heterocycles. The van der Waals surface area contributed by atoms with E-state index in [1.807, 2.05) is 6.07 Å². The summed E-state index contributed by atoms with van der Waals surface area (Å²) in [7, 11) is 0. The molecule has 0 radical (unpaired) electrons. The van der Waals surface area contributed by atoms with Crippen LogP contribution in [-0.2, 0) is 0 Å². The Hall–Kier alpha value is -0.280. The Morgan fingerprint density at radius 2 is 2.07 bits per heavy atom. The minimum Gasteiger partial charge on any atom is -0.457 e. The molecule has 14 heavy (non-hydrogen) atoms. The molecule has 3 heteroatoms. The topological polar surface area (TPSA) is 39.2 Å². The third kappa shape index (κ3) is 2.85. The Bertz CT molecular complexity index is 268. The number of hydrogen-bond donors (Lipinski definition) is 1. The lowest BCUT2D eigenvalue weighted by molar-refractivity contribution is 0.411. The van der Waals surface area contributed by atoms with E-state index in [1.165, 1.54) is 12.8 Å². The summed E-state index contributed by atoms with van der Waals surface area (Å²) in [5.41, 5.74) is 7.18. The SMILES string of the molecule is CCC(CC)CC(N)c1ccoc1Br. The van der Waals surface area contributed by atoms with Gasteiger partial charge in [0.25, 0.3) is 0 Å². The highest BCUT2D eigenvalue weighted by Crippen LogP contribution is 2.28. The lowest BCUT2D eigenvalue weighted by Gasteiger charge is -2.17. The van der Waals surface area contributed by atoms with Gasteiger partial charge in [-0.15, -0.1) is 0 Å². The van der Waals surface area contributed by atoms with Crippen LogP contribution in [0, 0.1) is 5.92 Å². The van der Waals surface area contributed by atoms with Crippen molar-refractivity contribution in [1.82, 2.24) is 0 Å². The number of hydrogen-bond acceptors (Lipinski definition) is 2. The van der Waals surface area contributed by atoms with E-state index in [1.54, 1.807) is 6.26 Å². The molecule has 2 N–H and O–H groups in total. The molecule has 1 rings (SSSR count). The molecule has 2 nitrogen and oxygen atoms in total. The van der Waals surface area contributed by atoms with E-state index in [-0.39, 0.29) is 6.04 Å². The molecule has 1 aromatic heterocycles. The van der Waals surface area contributed by atoms with Crippen LogP contribution in [0.2, 0.25) is 0 Å². The smallest absolute Gasteiger partial charge is 0.173 e. The van der Waals surface area contributed by atoms with Gasteiger partial charge in [-0.05, 0) is 34.3 Å². The van der Waals surface area contributed by atoms with Crippen LogP contribution in [0.5, 0.6) is 0 Å². The number of rotatable bonds is 5. The van der Waals surface area contributed by atoms with Crippen LogP contribution in [0.3, 0.4) is 0 Å². The molecule has 0 saturated carbocycles. The standard InChI is InChI=1S/C11H18BrNO/c1-3-8(4-2)7-10(13)9-5-6-14-11(9)12/h5-6,8,10H,3-4,7,13H2,1-2H3. The summed E-state index contributed by atoms with van der Waals surface area (Å²) < 4.78 is 5.95. The van der Waals surface area contributed by atoms with Gasteiger partial charge in [0.05, 0.1) is 6.26 Å².